The number of sulfonamides is 1. The summed E-state index contributed by atoms with van der Waals surface area (Å²) < 4.78 is 34.3. The fraction of sp³-hybridized carbons (Fsp3) is 0.125. The van der Waals surface area contributed by atoms with Crippen LogP contribution < -0.4 is 20.5 Å². The number of para-hydroxylation sites is 2. The van der Waals surface area contributed by atoms with Crippen molar-refractivity contribution in [2.45, 2.75) is 11.3 Å². The maximum absolute atomic E-state index is 13.3. The van der Waals surface area contributed by atoms with Crippen molar-refractivity contribution in [3.05, 3.63) is 77.3 Å². The molecule has 0 aliphatic rings. The number of benzene rings is 3. The molecular weight excluding hydrogens is 490 g/mol. The van der Waals surface area contributed by atoms with Crippen LogP contribution in [0.15, 0.2) is 71.6 Å². The van der Waals surface area contributed by atoms with Gasteiger partial charge in [0, 0.05) is 12.5 Å². The predicted molar refractivity (Wildman–Crippen MR) is 136 cm³/mol. The van der Waals surface area contributed by atoms with E-state index < -0.39 is 10.0 Å². The van der Waals surface area contributed by atoms with Gasteiger partial charge in [-0.25, -0.2) is 18.4 Å². The lowest BCUT2D eigenvalue weighted by Gasteiger charge is -2.15. The molecule has 0 radical (unpaired) electrons. The quantitative estimate of drug-likeness (QED) is 0.307. The zero-order valence-corrected chi connectivity index (χ0v) is 20.2. The second-order valence-corrected chi connectivity index (χ2v) is 9.64. The van der Waals surface area contributed by atoms with Gasteiger partial charge >= 0.3 is 0 Å². The van der Waals surface area contributed by atoms with Crippen LogP contribution in [0.25, 0.3) is 11.0 Å². The topological polar surface area (TPSA) is 136 Å². The lowest BCUT2D eigenvalue weighted by Crippen LogP contribution is -2.18. The molecule has 1 aromatic heterocycles. The van der Waals surface area contributed by atoms with Crippen LogP contribution in [-0.4, -0.2) is 37.8 Å². The third-order valence-electron chi connectivity index (χ3n) is 5.07. The summed E-state index contributed by atoms with van der Waals surface area (Å²) in [7, 11) is -2.55. The van der Waals surface area contributed by atoms with E-state index in [0.29, 0.717) is 33.1 Å². The average molecular weight is 512 g/mol. The number of anilines is 3. The van der Waals surface area contributed by atoms with E-state index in [4.69, 9.17) is 22.1 Å². The largest absolute Gasteiger partial charge is 0.497 e. The van der Waals surface area contributed by atoms with E-state index in [9.17, 15) is 13.2 Å². The van der Waals surface area contributed by atoms with Gasteiger partial charge in [0.15, 0.2) is 17.4 Å². The van der Waals surface area contributed by atoms with Gasteiger partial charge in [-0.1, -0.05) is 35.9 Å². The number of ketones is 1. The van der Waals surface area contributed by atoms with Crippen molar-refractivity contribution in [1.82, 2.24) is 9.97 Å². The Labute approximate surface area is 207 Å². The summed E-state index contributed by atoms with van der Waals surface area (Å²) in [6, 6.07) is 18.2. The van der Waals surface area contributed by atoms with Crippen molar-refractivity contribution in [2.75, 3.05) is 23.7 Å². The number of methoxy groups -OCH3 is 1. The first-order chi connectivity index (χ1) is 16.8. The summed E-state index contributed by atoms with van der Waals surface area (Å²) in [6.45, 7) is -0.121. The number of ether oxygens (including phenoxy) is 1. The number of fused-ring (bicyclic) bond motifs is 1. The van der Waals surface area contributed by atoms with Gasteiger partial charge in [0.1, 0.15) is 5.75 Å². The van der Waals surface area contributed by atoms with Crippen molar-refractivity contribution in [2.24, 2.45) is 5.73 Å². The number of nitrogens with one attached hydrogen (secondary N) is 2. The predicted octanol–water partition coefficient (Wildman–Crippen LogP) is 3.91. The number of halogens is 1. The van der Waals surface area contributed by atoms with Crippen LogP contribution in [-0.2, 0) is 21.2 Å². The van der Waals surface area contributed by atoms with Gasteiger partial charge in [0.05, 0.1) is 40.3 Å². The molecule has 1 heterocycles. The molecule has 9 nitrogen and oxygen atoms in total. The highest BCUT2D eigenvalue weighted by Crippen LogP contribution is 2.32. The fourth-order valence-electron chi connectivity index (χ4n) is 3.32. The molecule has 4 aromatic rings. The molecule has 0 saturated carbocycles. The van der Waals surface area contributed by atoms with Crippen LogP contribution in [0.2, 0.25) is 5.02 Å². The number of hydrogen-bond donors (Lipinski definition) is 3. The van der Waals surface area contributed by atoms with Crippen LogP contribution in [0.5, 0.6) is 5.75 Å². The lowest BCUT2D eigenvalue weighted by atomic mass is 10.1. The van der Waals surface area contributed by atoms with E-state index in [-0.39, 0.29) is 35.3 Å². The molecule has 0 spiro atoms. The summed E-state index contributed by atoms with van der Waals surface area (Å²) in [6.07, 6.45) is 0.0385. The zero-order chi connectivity index (χ0) is 25.0. The van der Waals surface area contributed by atoms with Gasteiger partial charge in [-0.05, 0) is 42.0 Å². The first-order valence-electron chi connectivity index (χ1n) is 10.5. The molecule has 0 bridgehead atoms. The molecular formula is C24H22ClN5O4S. The van der Waals surface area contributed by atoms with E-state index in [1.165, 1.54) is 19.2 Å². The summed E-state index contributed by atoms with van der Waals surface area (Å²) >= 11 is 6.33. The molecule has 0 aliphatic carbocycles. The van der Waals surface area contributed by atoms with Gasteiger partial charge in [-0.3, -0.25) is 9.52 Å². The van der Waals surface area contributed by atoms with E-state index in [1.807, 2.05) is 0 Å². The fourth-order valence-corrected chi connectivity index (χ4v) is 4.57. The van der Waals surface area contributed by atoms with Crippen LogP contribution in [0.4, 0.5) is 17.3 Å². The first kappa shape index (κ1) is 24.4. The number of rotatable bonds is 9. The molecule has 35 heavy (non-hydrogen) atoms. The maximum atomic E-state index is 13.3. The van der Waals surface area contributed by atoms with Gasteiger partial charge in [0.25, 0.3) is 10.0 Å². The Morgan fingerprint density at radius 1 is 1.00 bits per heavy atom. The molecule has 0 aliphatic heterocycles. The standard InChI is InChI=1S/C24H22ClN5O4S/c1-34-17-9-10-19(25)22(13-17)29-23-24(28-21-8-3-2-7-20(21)27-23)30-35(32,33)18-6-4-5-15(12-18)11-16(31)14-26/h2-10,12-13H,11,14,26H2,1H3,(H,27,29)(H,28,30). The van der Waals surface area contributed by atoms with E-state index in [0.717, 1.165) is 0 Å². The summed E-state index contributed by atoms with van der Waals surface area (Å²) in [5.41, 5.74) is 7.42. The summed E-state index contributed by atoms with van der Waals surface area (Å²) in [4.78, 5) is 20.7. The van der Waals surface area contributed by atoms with Gasteiger partial charge in [-0.15, -0.1) is 0 Å². The number of aromatic nitrogens is 2. The minimum atomic E-state index is -4.08. The molecule has 0 saturated heterocycles. The molecule has 3 aromatic carbocycles. The normalized spacial score (nSPS) is 11.3. The van der Waals surface area contributed by atoms with Gasteiger partial charge < -0.3 is 15.8 Å². The Morgan fingerprint density at radius 2 is 1.71 bits per heavy atom. The van der Waals surface area contributed by atoms with Crippen molar-refractivity contribution < 1.29 is 17.9 Å². The number of nitrogens with zero attached hydrogens (tertiary/aromatic N) is 2. The van der Waals surface area contributed by atoms with Gasteiger partial charge in [0.2, 0.25) is 0 Å². The van der Waals surface area contributed by atoms with Crippen LogP contribution >= 0.6 is 11.6 Å². The van der Waals surface area contributed by atoms with Crippen molar-refractivity contribution in [3.8, 4) is 5.75 Å². The summed E-state index contributed by atoms with van der Waals surface area (Å²) in [5.74, 6) is 0.481. The average Bonchev–Trinajstić information content (AvgIpc) is 2.85. The molecule has 11 heteroatoms. The highest BCUT2D eigenvalue weighted by atomic mass is 35.5. The van der Waals surface area contributed by atoms with Crippen molar-refractivity contribution in [1.29, 1.82) is 0 Å². The molecule has 180 valence electrons. The number of Topliss-reactive ketones (excluding diaryl/α,β-unsaturated/α-hetero) is 1. The lowest BCUT2D eigenvalue weighted by molar-refractivity contribution is -0.117. The molecule has 0 atom stereocenters. The van der Waals surface area contributed by atoms with Crippen LogP contribution in [0.1, 0.15) is 5.56 Å². The highest BCUT2D eigenvalue weighted by Gasteiger charge is 2.20. The summed E-state index contributed by atoms with van der Waals surface area (Å²) in [5, 5.41) is 3.44. The van der Waals surface area contributed by atoms with E-state index >= 15 is 0 Å². The molecule has 0 unspecified atom stereocenters. The smallest absolute Gasteiger partial charge is 0.263 e. The Kier molecular flexibility index (Phi) is 7.15. The molecule has 0 fully saturated rings. The Hall–Kier alpha value is -3.73. The van der Waals surface area contributed by atoms with E-state index in [2.05, 4.69) is 20.0 Å². The third kappa shape index (κ3) is 5.68. The minimum Gasteiger partial charge on any atom is -0.497 e. The Morgan fingerprint density at radius 3 is 2.40 bits per heavy atom. The molecule has 4 rings (SSSR count). The number of carbonyl (C=O) groups is 1. The van der Waals surface area contributed by atoms with Crippen molar-refractivity contribution in [3.63, 3.8) is 0 Å². The highest BCUT2D eigenvalue weighted by molar-refractivity contribution is 7.92. The Balaban J connectivity index is 1.74. The number of hydrogen-bond acceptors (Lipinski definition) is 8. The van der Waals surface area contributed by atoms with E-state index in [1.54, 1.807) is 54.6 Å². The molecule has 0 amide bonds. The van der Waals surface area contributed by atoms with Crippen LogP contribution in [0.3, 0.4) is 0 Å². The zero-order valence-electron chi connectivity index (χ0n) is 18.7. The molecule has 4 N–H and O–H groups in total. The SMILES string of the molecule is COc1ccc(Cl)c(Nc2nc3ccccc3nc2NS(=O)(=O)c2cccc(CC(=O)CN)c2)c1. The Bertz CT molecular complexity index is 1510. The third-order valence-corrected chi connectivity index (χ3v) is 6.73. The second kappa shape index (κ2) is 10.3. The number of nitrogens with two attached hydrogens (primary N) is 1. The second-order valence-electron chi connectivity index (χ2n) is 7.55. The number of carbonyl (C=O) groups excluding carboxylic acids is 1. The minimum absolute atomic E-state index is 0.0222. The maximum Gasteiger partial charge on any atom is 0.263 e. The van der Waals surface area contributed by atoms with Crippen LogP contribution in [0, 0.1) is 0 Å². The monoisotopic (exact) mass is 511 g/mol. The van der Waals surface area contributed by atoms with Gasteiger partial charge in [-0.2, -0.15) is 0 Å². The van der Waals surface area contributed by atoms with Crippen molar-refractivity contribution >= 4 is 55.8 Å². The first-order valence-corrected chi connectivity index (χ1v) is 12.4.